The first-order valence-corrected chi connectivity index (χ1v) is 4.84. The van der Waals surface area contributed by atoms with E-state index in [1.807, 2.05) is 0 Å². The van der Waals surface area contributed by atoms with E-state index < -0.39 is 0 Å². The van der Waals surface area contributed by atoms with Crippen LogP contribution in [-0.2, 0) is 4.79 Å². The number of thioether (sulfide) groups is 1. The summed E-state index contributed by atoms with van der Waals surface area (Å²) in [5.41, 5.74) is 10.4. The average Bonchev–Trinajstić information content (AvgIpc) is 2.35. The van der Waals surface area contributed by atoms with Gasteiger partial charge < -0.3 is 11.5 Å². The van der Waals surface area contributed by atoms with E-state index in [2.05, 4.69) is 10.2 Å². The number of carbonyl (C=O) groups is 1. The molecular weight excluding hydrogens is 196 g/mol. The number of carbonyl (C=O) groups excluding carboxylic acids is 1. The lowest BCUT2D eigenvalue weighted by Gasteiger charge is -2.00. The van der Waals surface area contributed by atoms with Crippen molar-refractivity contribution in [2.45, 2.75) is 16.5 Å². The third kappa shape index (κ3) is 2.35. The highest BCUT2D eigenvalue weighted by Crippen LogP contribution is 2.26. The first kappa shape index (κ1) is 9.27. The number of primary amides is 1. The van der Waals surface area contributed by atoms with E-state index in [1.54, 1.807) is 6.92 Å². The highest BCUT2D eigenvalue weighted by atomic mass is 32.2. The number of hydrogen-bond donors (Lipinski definition) is 2. The molecule has 1 aromatic heterocycles. The Bertz CT molecular complexity index is 287. The predicted molar refractivity (Wildman–Crippen MR) is 48.8 cm³/mol. The Hall–Kier alpha value is -0.820. The molecule has 4 N–H and O–H groups in total. The first-order chi connectivity index (χ1) is 5.59. The van der Waals surface area contributed by atoms with Gasteiger partial charge in [0, 0.05) is 0 Å². The molecule has 0 saturated heterocycles. The van der Waals surface area contributed by atoms with Crippen LogP contribution in [0.15, 0.2) is 4.34 Å². The molecule has 12 heavy (non-hydrogen) atoms. The van der Waals surface area contributed by atoms with E-state index in [9.17, 15) is 4.79 Å². The van der Waals surface area contributed by atoms with Crippen LogP contribution in [0.1, 0.15) is 6.92 Å². The van der Waals surface area contributed by atoms with Crippen LogP contribution >= 0.6 is 23.1 Å². The summed E-state index contributed by atoms with van der Waals surface area (Å²) >= 11 is 2.51. The van der Waals surface area contributed by atoms with E-state index in [4.69, 9.17) is 11.5 Å². The van der Waals surface area contributed by atoms with Crippen LogP contribution in [0.2, 0.25) is 0 Å². The van der Waals surface area contributed by atoms with E-state index in [-0.39, 0.29) is 11.2 Å². The van der Waals surface area contributed by atoms with Crippen molar-refractivity contribution in [2.75, 3.05) is 5.73 Å². The fraction of sp³-hybridized carbons (Fsp3) is 0.400. The van der Waals surface area contributed by atoms with Gasteiger partial charge in [0.2, 0.25) is 11.0 Å². The number of nitrogen functional groups attached to an aromatic ring is 1. The molecule has 0 aliphatic heterocycles. The number of aromatic nitrogens is 2. The lowest BCUT2D eigenvalue weighted by atomic mass is 10.5. The minimum absolute atomic E-state index is 0.294. The van der Waals surface area contributed by atoms with Gasteiger partial charge in [-0.25, -0.2) is 0 Å². The van der Waals surface area contributed by atoms with E-state index in [1.165, 1.54) is 23.1 Å². The Labute approximate surface area is 77.5 Å². The second-order valence-electron chi connectivity index (χ2n) is 2.07. The maximum atomic E-state index is 10.6. The first-order valence-electron chi connectivity index (χ1n) is 3.14. The van der Waals surface area contributed by atoms with Crippen molar-refractivity contribution < 1.29 is 4.79 Å². The van der Waals surface area contributed by atoms with Gasteiger partial charge in [0.15, 0.2) is 4.34 Å². The largest absolute Gasteiger partial charge is 0.374 e. The molecule has 0 fully saturated rings. The van der Waals surface area contributed by atoms with Gasteiger partial charge in [-0.3, -0.25) is 4.79 Å². The molecule has 7 heteroatoms. The zero-order valence-corrected chi connectivity index (χ0v) is 7.98. The summed E-state index contributed by atoms with van der Waals surface area (Å²) in [4.78, 5) is 10.6. The standard InChI is InChI=1S/C5H8N4OS2/c1-2(3(6)10)11-5-9-8-4(7)12-5/h2H,1H3,(H2,6,10)(H2,7,8)/t2-/m0/s1. The zero-order valence-electron chi connectivity index (χ0n) is 6.35. The van der Waals surface area contributed by atoms with Crippen LogP contribution < -0.4 is 11.5 Å². The minimum atomic E-state index is -0.367. The number of rotatable bonds is 3. The SMILES string of the molecule is C[C@H](Sc1nnc(N)s1)C(N)=O. The highest BCUT2D eigenvalue weighted by Gasteiger charge is 2.12. The monoisotopic (exact) mass is 204 g/mol. The molecular formula is C5H8N4OS2. The van der Waals surface area contributed by atoms with Crippen LogP contribution in [0, 0.1) is 0 Å². The van der Waals surface area contributed by atoms with Crippen LogP contribution in [0.25, 0.3) is 0 Å². The molecule has 0 aliphatic carbocycles. The summed E-state index contributed by atoms with van der Waals surface area (Å²) in [5, 5.41) is 7.44. The van der Waals surface area contributed by atoms with Crippen molar-refractivity contribution in [1.82, 2.24) is 10.2 Å². The van der Waals surface area contributed by atoms with E-state index >= 15 is 0 Å². The lowest BCUT2D eigenvalue weighted by Crippen LogP contribution is -2.22. The molecule has 1 atom stereocenters. The Morgan fingerprint density at radius 2 is 2.33 bits per heavy atom. The average molecular weight is 204 g/mol. The van der Waals surface area contributed by atoms with E-state index in [0.29, 0.717) is 9.47 Å². The van der Waals surface area contributed by atoms with Crippen LogP contribution in [0.3, 0.4) is 0 Å². The molecule has 5 nitrogen and oxygen atoms in total. The van der Waals surface area contributed by atoms with Gasteiger partial charge >= 0.3 is 0 Å². The number of hydrogen-bond acceptors (Lipinski definition) is 6. The van der Waals surface area contributed by atoms with Crippen molar-refractivity contribution in [1.29, 1.82) is 0 Å². The number of nitrogens with zero attached hydrogens (tertiary/aromatic N) is 2. The third-order valence-corrected chi connectivity index (χ3v) is 3.06. The quantitative estimate of drug-likeness (QED) is 0.680. The molecule has 0 saturated carbocycles. The Morgan fingerprint density at radius 3 is 2.75 bits per heavy atom. The molecule has 1 rings (SSSR count). The van der Waals surface area contributed by atoms with Crippen LogP contribution in [0.5, 0.6) is 0 Å². The predicted octanol–water partition coefficient (Wildman–Crippen LogP) is 0.0862. The van der Waals surface area contributed by atoms with Gasteiger partial charge in [-0.15, -0.1) is 10.2 Å². The maximum Gasteiger partial charge on any atom is 0.230 e. The van der Waals surface area contributed by atoms with Crippen LogP contribution in [0.4, 0.5) is 5.13 Å². The molecule has 0 aliphatic rings. The Kier molecular flexibility index (Phi) is 2.88. The van der Waals surface area contributed by atoms with Crippen molar-refractivity contribution in [3.8, 4) is 0 Å². The highest BCUT2D eigenvalue weighted by molar-refractivity contribution is 8.02. The molecule has 0 bridgehead atoms. The van der Waals surface area contributed by atoms with Crippen molar-refractivity contribution in [2.24, 2.45) is 5.73 Å². The summed E-state index contributed by atoms with van der Waals surface area (Å²) < 4.78 is 0.666. The van der Waals surface area contributed by atoms with Crippen molar-refractivity contribution in [3.63, 3.8) is 0 Å². The van der Waals surface area contributed by atoms with Gasteiger partial charge in [0.1, 0.15) is 0 Å². The third-order valence-electron chi connectivity index (χ3n) is 1.10. The van der Waals surface area contributed by atoms with Gasteiger partial charge in [-0.2, -0.15) is 0 Å². The minimum Gasteiger partial charge on any atom is -0.374 e. The molecule has 1 heterocycles. The molecule has 0 unspecified atom stereocenters. The number of amides is 1. The summed E-state index contributed by atoms with van der Waals surface area (Å²) in [7, 11) is 0. The molecule has 0 aromatic carbocycles. The van der Waals surface area contributed by atoms with Gasteiger partial charge in [-0.1, -0.05) is 23.1 Å². The number of anilines is 1. The fourth-order valence-electron chi connectivity index (χ4n) is 0.477. The maximum absolute atomic E-state index is 10.6. The normalized spacial score (nSPS) is 12.8. The van der Waals surface area contributed by atoms with Gasteiger partial charge in [-0.05, 0) is 6.92 Å². The van der Waals surface area contributed by atoms with Crippen LogP contribution in [-0.4, -0.2) is 21.4 Å². The molecule has 1 aromatic rings. The summed E-state index contributed by atoms with van der Waals surface area (Å²) in [6, 6.07) is 0. The molecule has 0 spiro atoms. The van der Waals surface area contributed by atoms with Gasteiger partial charge in [0.25, 0.3) is 0 Å². The topological polar surface area (TPSA) is 94.9 Å². The number of nitrogens with two attached hydrogens (primary N) is 2. The molecule has 1 amide bonds. The van der Waals surface area contributed by atoms with E-state index in [0.717, 1.165) is 0 Å². The second-order valence-corrected chi connectivity index (χ2v) is 4.67. The summed E-state index contributed by atoms with van der Waals surface area (Å²) in [6.45, 7) is 1.71. The molecule has 0 radical (unpaired) electrons. The van der Waals surface area contributed by atoms with Crippen molar-refractivity contribution in [3.05, 3.63) is 0 Å². The summed E-state index contributed by atoms with van der Waals surface area (Å²) in [6.07, 6.45) is 0. The smallest absolute Gasteiger partial charge is 0.230 e. The van der Waals surface area contributed by atoms with Gasteiger partial charge in [0.05, 0.1) is 5.25 Å². The molecule has 66 valence electrons. The Balaban J connectivity index is 2.58. The Morgan fingerprint density at radius 1 is 1.67 bits per heavy atom. The second kappa shape index (κ2) is 3.72. The van der Waals surface area contributed by atoms with Crippen molar-refractivity contribution >= 4 is 34.1 Å². The summed E-state index contributed by atoms with van der Waals surface area (Å²) in [5.74, 6) is -0.367. The fourth-order valence-corrected chi connectivity index (χ4v) is 2.21. The zero-order chi connectivity index (χ0) is 9.14. The lowest BCUT2D eigenvalue weighted by molar-refractivity contribution is -0.117.